The summed E-state index contributed by atoms with van der Waals surface area (Å²) in [4.78, 5) is 15.1. The molecule has 0 saturated carbocycles. The molecule has 0 bridgehead atoms. The molecule has 2 N–H and O–H groups in total. The number of halogens is 3. The zero-order valence-corrected chi connectivity index (χ0v) is 12.0. The zero-order valence-electron chi connectivity index (χ0n) is 12.0. The minimum atomic E-state index is -4.52. The van der Waals surface area contributed by atoms with Crippen LogP contribution in [0.15, 0.2) is 42.5 Å². The quantitative estimate of drug-likeness (QED) is 0.902. The molecule has 0 aliphatic rings. The molecule has 2 rings (SSSR count). The van der Waals surface area contributed by atoms with Gasteiger partial charge in [0, 0.05) is 6.07 Å². The molecule has 0 aliphatic heterocycles. The third kappa shape index (κ3) is 4.12. The van der Waals surface area contributed by atoms with E-state index in [9.17, 15) is 18.0 Å². The number of carboxylic acid groups (broad SMARTS) is 1. The minimum Gasteiger partial charge on any atom is -0.481 e. The van der Waals surface area contributed by atoms with Gasteiger partial charge in [-0.1, -0.05) is 18.2 Å². The van der Waals surface area contributed by atoms with Crippen LogP contribution in [-0.4, -0.2) is 23.3 Å². The van der Waals surface area contributed by atoms with Crippen molar-refractivity contribution in [2.75, 3.05) is 7.11 Å². The Morgan fingerprint density at radius 3 is 2.57 bits per heavy atom. The van der Waals surface area contributed by atoms with E-state index in [1.165, 1.54) is 25.3 Å². The molecule has 1 atom stereocenters. The van der Waals surface area contributed by atoms with Gasteiger partial charge in [0.15, 0.2) is 0 Å². The van der Waals surface area contributed by atoms with Crippen molar-refractivity contribution in [2.45, 2.75) is 12.2 Å². The minimum absolute atomic E-state index is 0.128. The van der Waals surface area contributed by atoms with Crippen LogP contribution in [0.4, 0.5) is 18.0 Å². The van der Waals surface area contributed by atoms with Gasteiger partial charge in [0.2, 0.25) is 5.88 Å². The summed E-state index contributed by atoms with van der Waals surface area (Å²) in [5.41, 5.74) is -0.510. The average Bonchev–Trinajstić information content (AvgIpc) is 2.52. The Labute approximate surface area is 129 Å². The number of hydrogen-bond acceptors (Lipinski definition) is 3. The Balaban J connectivity index is 2.48. The predicted octanol–water partition coefficient (Wildman–Crippen LogP) is 3.47. The maximum absolute atomic E-state index is 12.8. The molecule has 0 fully saturated rings. The maximum atomic E-state index is 12.8. The SMILES string of the molecule is COc1cccc(C(NC(=O)O)c2cccc(C(F)(F)F)c2)n1. The standard InChI is InChI=1S/C15H13F3N2O3/c1-23-12-7-3-6-11(19-12)13(20-14(21)22)9-4-2-5-10(8-9)15(16,17)18/h2-8,13,20H,1H3,(H,21,22). The van der Waals surface area contributed by atoms with Crippen molar-refractivity contribution in [1.29, 1.82) is 0 Å². The largest absolute Gasteiger partial charge is 0.481 e. The van der Waals surface area contributed by atoms with Crippen LogP contribution < -0.4 is 10.1 Å². The third-order valence-corrected chi connectivity index (χ3v) is 3.07. The van der Waals surface area contributed by atoms with Crippen molar-refractivity contribution in [1.82, 2.24) is 10.3 Å². The van der Waals surface area contributed by atoms with E-state index in [-0.39, 0.29) is 17.1 Å². The second-order valence-electron chi connectivity index (χ2n) is 4.61. The molecule has 0 spiro atoms. The molecule has 1 heterocycles. The van der Waals surface area contributed by atoms with Gasteiger partial charge in [0.25, 0.3) is 0 Å². The van der Waals surface area contributed by atoms with Crippen LogP contribution in [0, 0.1) is 0 Å². The number of methoxy groups -OCH3 is 1. The first kappa shape index (κ1) is 16.6. The lowest BCUT2D eigenvalue weighted by atomic mass is 10.0. The number of nitrogens with one attached hydrogen (secondary N) is 1. The number of ether oxygens (including phenoxy) is 1. The van der Waals surface area contributed by atoms with Gasteiger partial charge in [-0.15, -0.1) is 0 Å². The van der Waals surface area contributed by atoms with Crippen LogP contribution in [0.1, 0.15) is 22.9 Å². The highest BCUT2D eigenvalue weighted by atomic mass is 19.4. The molecule has 1 unspecified atom stereocenters. The topological polar surface area (TPSA) is 71.5 Å². The molecule has 1 amide bonds. The van der Waals surface area contributed by atoms with Crippen molar-refractivity contribution >= 4 is 6.09 Å². The first-order valence-electron chi connectivity index (χ1n) is 6.49. The molecule has 0 radical (unpaired) electrons. The lowest BCUT2D eigenvalue weighted by molar-refractivity contribution is -0.137. The summed E-state index contributed by atoms with van der Waals surface area (Å²) < 4.78 is 43.5. The predicted molar refractivity (Wildman–Crippen MR) is 75.2 cm³/mol. The maximum Gasteiger partial charge on any atom is 0.416 e. The summed E-state index contributed by atoms with van der Waals surface area (Å²) >= 11 is 0. The summed E-state index contributed by atoms with van der Waals surface area (Å²) in [5.74, 6) is 0.228. The highest BCUT2D eigenvalue weighted by molar-refractivity contribution is 5.66. The molecular formula is C15H13F3N2O3. The lowest BCUT2D eigenvalue weighted by Gasteiger charge is -2.19. The second-order valence-corrected chi connectivity index (χ2v) is 4.61. The fraction of sp³-hybridized carbons (Fsp3) is 0.200. The van der Waals surface area contributed by atoms with Gasteiger partial charge in [-0.2, -0.15) is 13.2 Å². The normalized spacial score (nSPS) is 12.5. The van der Waals surface area contributed by atoms with Gasteiger partial charge in [-0.25, -0.2) is 9.78 Å². The van der Waals surface area contributed by atoms with Crippen LogP contribution in [-0.2, 0) is 6.18 Å². The molecule has 122 valence electrons. The Morgan fingerprint density at radius 1 is 1.26 bits per heavy atom. The first-order valence-corrected chi connectivity index (χ1v) is 6.49. The van der Waals surface area contributed by atoms with Gasteiger partial charge in [0.1, 0.15) is 0 Å². The molecule has 0 aliphatic carbocycles. The molecule has 2 aromatic rings. The van der Waals surface area contributed by atoms with E-state index in [4.69, 9.17) is 9.84 Å². The van der Waals surface area contributed by atoms with Gasteiger partial charge >= 0.3 is 12.3 Å². The van der Waals surface area contributed by atoms with E-state index in [2.05, 4.69) is 10.3 Å². The molecule has 1 aromatic carbocycles. The molecule has 8 heteroatoms. The fourth-order valence-corrected chi connectivity index (χ4v) is 2.05. The van der Waals surface area contributed by atoms with Gasteiger partial charge < -0.3 is 15.2 Å². The Kier molecular flexibility index (Phi) is 4.73. The molecular weight excluding hydrogens is 313 g/mol. The van der Waals surface area contributed by atoms with Crippen molar-refractivity contribution in [3.05, 3.63) is 59.3 Å². The van der Waals surface area contributed by atoms with Crippen molar-refractivity contribution in [2.24, 2.45) is 0 Å². The van der Waals surface area contributed by atoms with Crippen molar-refractivity contribution < 1.29 is 27.8 Å². The lowest BCUT2D eigenvalue weighted by Crippen LogP contribution is -2.28. The van der Waals surface area contributed by atoms with E-state index < -0.39 is 23.9 Å². The average molecular weight is 326 g/mol. The van der Waals surface area contributed by atoms with E-state index in [0.29, 0.717) is 0 Å². The summed E-state index contributed by atoms with van der Waals surface area (Å²) in [6.45, 7) is 0. The number of benzene rings is 1. The molecule has 1 aromatic heterocycles. The second kappa shape index (κ2) is 6.55. The van der Waals surface area contributed by atoms with Crippen molar-refractivity contribution in [3.8, 4) is 5.88 Å². The van der Waals surface area contributed by atoms with Gasteiger partial charge in [-0.05, 0) is 23.8 Å². The molecule has 23 heavy (non-hydrogen) atoms. The van der Waals surface area contributed by atoms with E-state index >= 15 is 0 Å². The van der Waals surface area contributed by atoms with Crippen LogP contribution in [0.2, 0.25) is 0 Å². The number of hydrogen-bond donors (Lipinski definition) is 2. The van der Waals surface area contributed by atoms with Crippen molar-refractivity contribution in [3.63, 3.8) is 0 Å². The number of amides is 1. The Morgan fingerprint density at radius 2 is 1.96 bits per heavy atom. The summed E-state index contributed by atoms with van der Waals surface area (Å²) in [5, 5.41) is 11.1. The van der Waals surface area contributed by atoms with E-state index in [0.717, 1.165) is 12.1 Å². The van der Waals surface area contributed by atoms with Crippen LogP contribution in [0.25, 0.3) is 0 Å². The number of aromatic nitrogens is 1. The van der Waals surface area contributed by atoms with Gasteiger partial charge in [0.05, 0.1) is 24.4 Å². The summed E-state index contributed by atoms with van der Waals surface area (Å²) in [6, 6.07) is 8.00. The summed E-state index contributed by atoms with van der Waals surface area (Å²) in [7, 11) is 1.38. The van der Waals surface area contributed by atoms with Crippen LogP contribution in [0.5, 0.6) is 5.88 Å². The number of alkyl halides is 3. The third-order valence-electron chi connectivity index (χ3n) is 3.07. The van der Waals surface area contributed by atoms with Crippen LogP contribution >= 0.6 is 0 Å². The molecule has 0 saturated heterocycles. The number of pyridine rings is 1. The monoisotopic (exact) mass is 326 g/mol. The Bertz CT molecular complexity index is 704. The fourth-order valence-electron chi connectivity index (χ4n) is 2.05. The van der Waals surface area contributed by atoms with Crippen LogP contribution in [0.3, 0.4) is 0 Å². The highest BCUT2D eigenvalue weighted by Crippen LogP contribution is 2.32. The number of nitrogens with zero attached hydrogens (tertiary/aromatic N) is 1. The Hall–Kier alpha value is -2.77. The number of rotatable bonds is 4. The van der Waals surface area contributed by atoms with E-state index in [1.807, 2.05) is 0 Å². The smallest absolute Gasteiger partial charge is 0.416 e. The molecule has 5 nitrogen and oxygen atoms in total. The zero-order chi connectivity index (χ0) is 17.0. The number of carbonyl (C=O) groups is 1. The highest BCUT2D eigenvalue weighted by Gasteiger charge is 2.31. The summed E-state index contributed by atoms with van der Waals surface area (Å²) in [6.07, 6.45) is -5.90. The van der Waals surface area contributed by atoms with E-state index in [1.54, 1.807) is 12.1 Å². The van der Waals surface area contributed by atoms with Gasteiger partial charge in [-0.3, -0.25) is 0 Å². The first-order chi connectivity index (χ1) is 10.8.